The molecule has 4 nitrogen and oxygen atoms in total. The van der Waals surface area contributed by atoms with Crippen LogP contribution in [0.25, 0.3) is 11.3 Å². The number of pyridine rings is 1. The van der Waals surface area contributed by atoms with Crippen LogP contribution < -0.4 is 0 Å². The number of aromatic hydroxyl groups is 2. The molecule has 6 heteroatoms. The van der Waals surface area contributed by atoms with Gasteiger partial charge in [-0.25, -0.2) is 13.8 Å². The number of hydrogen-bond donors (Lipinski definition) is 2. The van der Waals surface area contributed by atoms with Crippen molar-refractivity contribution in [3.63, 3.8) is 0 Å². The Kier molecular flexibility index (Phi) is 3.95. The molecular weight excluding hydrogens is 316 g/mol. The smallest absolute Gasteiger partial charge is 0.211 e. The van der Waals surface area contributed by atoms with E-state index in [1.165, 1.54) is 42.5 Å². The Hall–Kier alpha value is -3.28. The van der Waals surface area contributed by atoms with Crippen molar-refractivity contribution in [1.29, 1.82) is 0 Å². The molecule has 0 atom stereocenters. The zero-order chi connectivity index (χ0) is 17.3. The molecule has 0 aliphatic rings. The molecule has 0 saturated carbocycles. The quantitative estimate of drug-likeness (QED) is 0.720. The molecule has 0 fully saturated rings. The number of carbonyl (C=O) groups excluding carboxylic acids is 1. The van der Waals surface area contributed by atoms with Gasteiger partial charge in [-0.05, 0) is 42.5 Å². The molecule has 120 valence electrons. The molecule has 0 unspecified atom stereocenters. The zero-order valence-corrected chi connectivity index (χ0v) is 12.2. The van der Waals surface area contributed by atoms with E-state index in [0.717, 1.165) is 12.1 Å². The second kappa shape index (κ2) is 6.08. The minimum atomic E-state index is -0.839. The average Bonchev–Trinajstić information content (AvgIpc) is 2.59. The van der Waals surface area contributed by atoms with Gasteiger partial charge in [-0.15, -0.1) is 0 Å². The van der Waals surface area contributed by atoms with E-state index >= 15 is 0 Å². The first kappa shape index (κ1) is 15.6. The number of nitrogens with zero attached hydrogens (tertiary/aromatic N) is 1. The molecule has 24 heavy (non-hydrogen) atoms. The van der Waals surface area contributed by atoms with E-state index in [1.54, 1.807) is 0 Å². The van der Waals surface area contributed by atoms with Crippen LogP contribution in [0.15, 0.2) is 54.6 Å². The third-order valence-corrected chi connectivity index (χ3v) is 3.44. The third-order valence-electron chi connectivity index (χ3n) is 3.44. The number of aromatic nitrogens is 1. The van der Waals surface area contributed by atoms with E-state index < -0.39 is 28.9 Å². The van der Waals surface area contributed by atoms with Crippen LogP contribution in [0.5, 0.6) is 11.5 Å². The molecule has 0 amide bonds. The lowest BCUT2D eigenvalue weighted by Gasteiger charge is -2.07. The van der Waals surface area contributed by atoms with Crippen LogP contribution in [-0.2, 0) is 0 Å². The number of hydrogen-bond acceptors (Lipinski definition) is 4. The first-order chi connectivity index (χ1) is 11.5. The lowest BCUT2D eigenvalue weighted by Crippen LogP contribution is -2.05. The van der Waals surface area contributed by atoms with Crippen molar-refractivity contribution in [2.75, 3.05) is 0 Å². The van der Waals surface area contributed by atoms with Crippen molar-refractivity contribution in [1.82, 2.24) is 4.98 Å². The van der Waals surface area contributed by atoms with Gasteiger partial charge < -0.3 is 10.2 Å². The molecular formula is C18H11F2NO3. The fourth-order valence-corrected chi connectivity index (χ4v) is 2.23. The summed E-state index contributed by atoms with van der Waals surface area (Å²) in [6.45, 7) is 0. The number of benzene rings is 2. The van der Waals surface area contributed by atoms with Gasteiger partial charge in [0.05, 0.1) is 5.69 Å². The zero-order valence-electron chi connectivity index (χ0n) is 12.2. The van der Waals surface area contributed by atoms with Crippen LogP contribution >= 0.6 is 0 Å². The Morgan fingerprint density at radius 1 is 0.917 bits per heavy atom. The summed E-state index contributed by atoms with van der Waals surface area (Å²) >= 11 is 0. The maximum atomic E-state index is 14.0. The molecule has 1 aromatic heterocycles. The van der Waals surface area contributed by atoms with Crippen LogP contribution in [0.3, 0.4) is 0 Å². The molecule has 0 aliphatic carbocycles. The van der Waals surface area contributed by atoms with Crippen molar-refractivity contribution in [3.05, 3.63) is 77.5 Å². The topological polar surface area (TPSA) is 70.4 Å². The third kappa shape index (κ3) is 2.81. The lowest BCUT2D eigenvalue weighted by molar-refractivity contribution is 0.103. The predicted octanol–water partition coefficient (Wildman–Crippen LogP) is 3.67. The largest absolute Gasteiger partial charge is 0.505 e. The van der Waals surface area contributed by atoms with Gasteiger partial charge in [-0.1, -0.05) is 12.1 Å². The number of rotatable bonds is 3. The van der Waals surface area contributed by atoms with Crippen LogP contribution in [0, 0.1) is 11.6 Å². The fourth-order valence-electron chi connectivity index (χ4n) is 2.23. The van der Waals surface area contributed by atoms with E-state index in [2.05, 4.69) is 4.98 Å². The molecule has 3 rings (SSSR count). The normalized spacial score (nSPS) is 10.6. The SMILES string of the molecule is O=C(c1ccc(F)c(O)c1)c1cccc(-c2cccc(O)c2F)n1. The van der Waals surface area contributed by atoms with Crippen LogP contribution in [0.4, 0.5) is 8.78 Å². The molecule has 2 N–H and O–H groups in total. The van der Waals surface area contributed by atoms with Gasteiger partial charge in [-0.3, -0.25) is 4.79 Å². The Morgan fingerprint density at radius 3 is 2.42 bits per heavy atom. The van der Waals surface area contributed by atoms with Crippen molar-refractivity contribution in [2.45, 2.75) is 0 Å². The molecule has 0 aliphatic heterocycles. The average molecular weight is 327 g/mol. The first-order valence-electron chi connectivity index (χ1n) is 6.95. The lowest BCUT2D eigenvalue weighted by atomic mass is 10.1. The molecule has 2 aromatic carbocycles. The minimum Gasteiger partial charge on any atom is -0.505 e. The highest BCUT2D eigenvalue weighted by Crippen LogP contribution is 2.27. The molecule has 3 aromatic rings. The molecule has 1 heterocycles. The summed E-state index contributed by atoms with van der Waals surface area (Å²) in [7, 11) is 0. The van der Waals surface area contributed by atoms with Crippen LogP contribution in [0.1, 0.15) is 16.1 Å². The van der Waals surface area contributed by atoms with E-state index in [0.29, 0.717) is 0 Å². The summed E-state index contributed by atoms with van der Waals surface area (Å²) < 4.78 is 27.1. The second-order valence-corrected chi connectivity index (χ2v) is 5.04. The maximum absolute atomic E-state index is 14.0. The number of ketones is 1. The molecule has 0 saturated heterocycles. The Balaban J connectivity index is 2.03. The molecule has 0 radical (unpaired) electrons. The van der Waals surface area contributed by atoms with Gasteiger partial charge in [0.25, 0.3) is 0 Å². The van der Waals surface area contributed by atoms with Gasteiger partial charge in [0.1, 0.15) is 5.69 Å². The van der Waals surface area contributed by atoms with Crippen molar-refractivity contribution in [2.24, 2.45) is 0 Å². The predicted molar refractivity (Wildman–Crippen MR) is 82.8 cm³/mol. The summed E-state index contributed by atoms with van der Waals surface area (Å²) in [6, 6.07) is 11.7. The van der Waals surface area contributed by atoms with Gasteiger partial charge in [0.15, 0.2) is 23.1 Å². The number of carbonyl (C=O) groups is 1. The van der Waals surface area contributed by atoms with Crippen molar-refractivity contribution in [3.8, 4) is 22.8 Å². The summed E-state index contributed by atoms with van der Waals surface area (Å²) in [5, 5.41) is 18.8. The minimum absolute atomic E-state index is 0.00116. The summed E-state index contributed by atoms with van der Waals surface area (Å²) in [5.74, 6) is -3.39. The summed E-state index contributed by atoms with van der Waals surface area (Å²) in [4.78, 5) is 16.5. The van der Waals surface area contributed by atoms with Gasteiger partial charge in [-0.2, -0.15) is 0 Å². The van der Waals surface area contributed by atoms with Gasteiger partial charge >= 0.3 is 0 Å². The van der Waals surface area contributed by atoms with E-state index in [4.69, 9.17) is 0 Å². The Labute approximate surface area is 135 Å². The van der Waals surface area contributed by atoms with E-state index in [9.17, 15) is 23.8 Å². The highest BCUT2D eigenvalue weighted by atomic mass is 19.1. The second-order valence-electron chi connectivity index (χ2n) is 5.04. The van der Waals surface area contributed by atoms with Crippen LogP contribution in [0.2, 0.25) is 0 Å². The number of phenols is 2. The van der Waals surface area contributed by atoms with E-state index in [-0.39, 0.29) is 22.5 Å². The Bertz CT molecular complexity index is 941. The highest BCUT2D eigenvalue weighted by Gasteiger charge is 2.16. The van der Waals surface area contributed by atoms with Gasteiger partial charge in [0.2, 0.25) is 5.78 Å². The monoisotopic (exact) mass is 327 g/mol. The Morgan fingerprint density at radius 2 is 1.67 bits per heavy atom. The number of halogens is 2. The van der Waals surface area contributed by atoms with Gasteiger partial charge in [0, 0.05) is 11.1 Å². The summed E-state index contributed by atoms with van der Waals surface area (Å²) in [6.07, 6.45) is 0. The van der Waals surface area contributed by atoms with E-state index in [1.807, 2.05) is 0 Å². The fraction of sp³-hybridized carbons (Fsp3) is 0. The van der Waals surface area contributed by atoms with Crippen LogP contribution in [-0.4, -0.2) is 21.0 Å². The van der Waals surface area contributed by atoms with Crippen molar-refractivity contribution < 1.29 is 23.8 Å². The standard InChI is InChI=1S/C18H11F2NO3/c19-12-8-7-10(9-16(12)23)18(24)14-5-2-4-13(21-14)11-3-1-6-15(22)17(11)20/h1-9,22-23H. The first-order valence-corrected chi connectivity index (χ1v) is 6.95. The highest BCUT2D eigenvalue weighted by molar-refractivity contribution is 6.08. The maximum Gasteiger partial charge on any atom is 0.211 e. The van der Waals surface area contributed by atoms with Crippen molar-refractivity contribution >= 4 is 5.78 Å². The molecule has 0 bridgehead atoms. The number of phenolic OH excluding ortho intramolecular Hbond substituents is 2. The molecule has 0 spiro atoms. The summed E-state index contributed by atoms with van der Waals surface area (Å²) in [5.41, 5.74) is 0.267.